The Bertz CT molecular complexity index is 475. The average molecular weight is 262 g/mol. The lowest BCUT2D eigenvalue weighted by atomic mass is 9.87. The molecule has 0 aromatic heterocycles. The van der Waals surface area contributed by atoms with E-state index in [0.29, 0.717) is 0 Å². The Kier molecular flexibility index (Phi) is 3.27. The Morgan fingerprint density at radius 2 is 1.95 bits per heavy atom. The quantitative estimate of drug-likeness (QED) is 0.818. The summed E-state index contributed by atoms with van der Waals surface area (Å²) >= 11 is 0. The van der Waals surface area contributed by atoms with Gasteiger partial charge in [-0.25, -0.2) is 4.39 Å². The SMILES string of the molecule is CC1=NOC2(CCN(Cc3ccc(F)cc3)CC2)C1. The fourth-order valence-corrected chi connectivity index (χ4v) is 2.94. The molecular formula is C15H19FN2O. The van der Waals surface area contributed by atoms with Gasteiger partial charge in [-0.2, -0.15) is 0 Å². The van der Waals surface area contributed by atoms with Crippen molar-refractivity contribution < 1.29 is 9.23 Å². The number of halogens is 1. The minimum Gasteiger partial charge on any atom is -0.389 e. The molecule has 3 nitrogen and oxygen atoms in total. The molecule has 0 bridgehead atoms. The van der Waals surface area contributed by atoms with Gasteiger partial charge >= 0.3 is 0 Å². The van der Waals surface area contributed by atoms with Crippen LogP contribution in [-0.2, 0) is 11.4 Å². The van der Waals surface area contributed by atoms with Crippen LogP contribution in [0.2, 0.25) is 0 Å². The zero-order chi connectivity index (χ0) is 13.3. The zero-order valence-electron chi connectivity index (χ0n) is 11.2. The van der Waals surface area contributed by atoms with Gasteiger partial charge in [-0.15, -0.1) is 0 Å². The van der Waals surface area contributed by atoms with Crippen LogP contribution in [0.5, 0.6) is 0 Å². The molecule has 19 heavy (non-hydrogen) atoms. The molecule has 1 spiro atoms. The summed E-state index contributed by atoms with van der Waals surface area (Å²) in [4.78, 5) is 8.02. The number of nitrogens with zero attached hydrogens (tertiary/aromatic N) is 2. The summed E-state index contributed by atoms with van der Waals surface area (Å²) in [5.74, 6) is -0.173. The van der Waals surface area contributed by atoms with E-state index in [9.17, 15) is 4.39 Å². The highest BCUT2D eigenvalue weighted by Gasteiger charge is 2.40. The number of benzene rings is 1. The maximum absolute atomic E-state index is 12.9. The van der Waals surface area contributed by atoms with Gasteiger partial charge in [0.15, 0.2) is 0 Å². The lowest BCUT2D eigenvalue weighted by Crippen LogP contribution is -2.44. The van der Waals surface area contributed by atoms with Crippen LogP contribution in [-0.4, -0.2) is 29.3 Å². The number of piperidine rings is 1. The standard InChI is InChI=1S/C15H19FN2O/c1-12-10-15(19-17-12)6-8-18(9-7-15)11-13-2-4-14(16)5-3-13/h2-5H,6-11H2,1H3. The number of hydrogen-bond acceptors (Lipinski definition) is 3. The lowest BCUT2D eigenvalue weighted by molar-refractivity contribution is -0.0627. The highest BCUT2D eigenvalue weighted by Crippen LogP contribution is 2.34. The molecular weight excluding hydrogens is 243 g/mol. The summed E-state index contributed by atoms with van der Waals surface area (Å²) in [6, 6.07) is 6.77. The molecule has 1 saturated heterocycles. The molecule has 4 heteroatoms. The van der Waals surface area contributed by atoms with Crippen molar-refractivity contribution in [3.8, 4) is 0 Å². The van der Waals surface area contributed by atoms with Crippen molar-refractivity contribution in [2.75, 3.05) is 13.1 Å². The van der Waals surface area contributed by atoms with Gasteiger partial charge in [0, 0.05) is 38.9 Å². The fraction of sp³-hybridized carbons (Fsp3) is 0.533. The van der Waals surface area contributed by atoms with Gasteiger partial charge in [0.1, 0.15) is 11.4 Å². The normalized spacial score (nSPS) is 22.3. The van der Waals surface area contributed by atoms with Crippen LogP contribution in [0.25, 0.3) is 0 Å². The first-order valence-corrected chi connectivity index (χ1v) is 6.84. The molecule has 0 amide bonds. The maximum Gasteiger partial charge on any atom is 0.145 e. The van der Waals surface area contributed by atoms with E-state index in [1.54, 1.807) is 0 Å². The molecule has 2 heterocycles. The van der Waals surface area contributed by atoms with Crippen molar-refractivity contribution in [3.05, 3.63) is 35.6 Å². The third kappa shape index (κ3) is 2.78. The zero-order valence-corrected chi connectivity index (χ0v) is 11.2. The van der Waals surface area contributed by atoms with Gasteiger partial charge in [0.2, 0.25) is 0 Å². The Labute approximate surface area is 113 Å². The van der Waals surface area contributed by atoms with Crippen molar-refractivity contribution in [3.63, 3.8) is 0 Å². The number of oxime groups is 1. The van der Waals surface area contributed by atoms with Crippen molar-refractivity contribution in [1.82, 2.24) is 4.90 Å². The van der Waals surface area contributed by atoms with Gasteiger partial charge in [0.05, 0.1) is 5.71 Å². The highest BCUT2D eigenvalue weighted by molar-refractivity contribution is 5.83. The molecule has 102 valence electrons. The van der Waals surface area contributed by atoms with Crippen molar-refractivity contribution in [2.24, 2.45) is 5.16 Å². The molecule has 0 aliphatic carbocycles. The number of likely N-dealkylation sites (tertiary alicyclic amines) is 1. The number of hydrogen-bond donors (Lipinski definition) is 0. The van der Waals surface area contributed by atoms with E-state index >= 15 is 0 Å². The Balaban J connectivity index is 1.55. The largest absolute Gasteiger partial charge is 0.389 e. The molecule has 2 aliphatic rings. The van der Waals surface area contributed by atoms with Crippen LogP contribution in [0.4, 0.5) is 4.39 Å². The van der Waals surface area contributed by atoms with Crippen LogP contribution in [0.1, 0.15) is 31.7 Å². The van der Waals surface area contributed by atoms with Crippen molar-refractivity contribution in [2.45, 2.75) is 38.3 Å². The molecule has 0 saturated carbocycles. The van der Waals surface area contributed by atoms with E-state index in [-0.39, 0.29) is 11.4 Å². The minimum atomic E-state index is -0.173. The molecule has 3 rings (SSSR count). The minimum absolute atomic E-state index is 0.0383. The lowest BCUT2D eigenvalue weighted by Gasteiger charge is -2.37. The summed E-state index contributed by atoms with van der Waals surface area (Å²) in [5.41, 5.74) is 2.23. The molecule has 0 N–H and O–H groups in total. The van der Waals surface area contributed by atoms with Gasteiger partial charge in [-0.1, -0.05) is 17.3 Å². The van der Waals surface area contributed by atoms with E-state index < -0.39 is 0 Å². The Morgan fingerprint density at radius 1 is 1.26 bits per heavy atom. The molecule has 0 unspecified atom stereocenters. The second-order valence-corrected chi connectivity index (χ2v) is 5.68. The van der Waals surface area contributed by atoms with Crippen LogP contribution in [0.3, 0.4) is 0 Å². The average Bonchev–Trinajstić information content (AvgIpc) is 2.77. The van der Waals surface area contributed by atoms with Gasteiger partial charge in [-0.3, -0.25) is 4.90 Å². The van der Waals surface area contributed by atoms with Gasteiger partial charge < -0.3 is 4.84 Å². The van der Waals surface area contributed by atoms with Crippen LogP contribution >= 0.6 is 0 Å². The smallest absolute Gasteiger partial charge is 0.145 e. The second-order valence-electron chi connectivity index (χ2n) is 5.68. The summed E-state index contributed by atoms with van der Waals surface area (Å²) in [7, 11) is 0. The summed E-state index contributed by atoms with van der Waals surface area (Å²) in [6.45, 7) is 4.94. The van der Waals surface area contributed by atoms with Gasteiger partial charge in [-0.05, 0) is 24.6 Å². The first-order chi connectivity index (χ1) is 9.15. The molecule has 2 aliphatic heterocycles. The fourth-order valence-electron chi connectivity index (χ4n) is 2.94. The van der Waals surface area contributed by atoms with Crippen LogP contribution in [0, 0.1) is 5.82 Å². The predicted octanol–water partition coefficient (Wildman–Crippen LogP) is 2.96. The van der Waals surface area contributed by atoms with E-state index in [0.717, 1.165) is 50.2 Å². The predicted molar refractivity (Wildman–Crippen MR) is 72.5 cm³/mol. The van der Waals surface area contributed by atoms with E-state index in [4.69, 9.17) is 4.84 Å². The van der Waals surface area contributed by atoms with Crippen LogP contribution in [0.15, 0.2) is 29.4 Å². The third-order valence-electron chi connectivity index (χ3n) is 4.06. The molecule has 1 aromatic carbocycles. The highest BCUT2D eigenvalue weighted by atomic mass is 19.1. The number of rotatable bonds is 2. The van der Waals surface area contributed by atoms with Crippen molar-refractivity contribution in [1.29, 1.82) is 0 Å². The molecule has 0 radical (unpaired) electrons. The van der Waals surface area contributed by atoms with Crippen molar-refractivity contribution >= 4 is 5.71 Å². The second kappa shape index (κ2) is 4.93. The Morgan fingerprint density at radius 3 is 2.53 bits per heavy atom. The van der Waals surface area contributed by atoms with E-state index in [1.165, 1.54) is 12.1 Å². The first-order valence-electron chi connectivity index (χ1n) is 6.84. The Hall–Kier alpha value is -1.42. The maximum atomic E-state index is 12.9. The molecule has 1 aromatic rings. The van der Waals surface area contributed by atoms with E-state index in [2.05, 4.69) is 10.1 Å². The summed E-state index contributed by atoms with van der Waals surface area (Å²) in [6.07, 6.45) is 3.02. The topological polar surface area (TPSA) is 24.8 Å². The monoisotopic (exact) mass is 262 g/mol. The summed E-state index contributed by atoms with van der Waals surface area (Å²) in [5, 5.41) is 4.09. The summed E-state index contributed by atoms with van der Waals surface area (Å²) < 4.78 is 12.9. The first kappa shape index (κ1) is 12.6. The van der Waals surface area contributed by atoms with Gasteiger partial charge in [0.25, 0.3) is 0 Å². The van der Waals surface area contributed by atoms with Crippen LogP contribution < -0.4 is 0 Å². The molecule has 1 fully saturated rings. The van der Waals surface area contributed by atoms with E-state index in [1.807, 2.05) is 19.1 Å². The third-order valence-corrected chi connectivity index (χ3v) is 4.06. The molecule has 0 atom stereocenters.